The van der Waals surface area contributed by atoms with Gasteiger partial charge >= 0.3 is 0 Å². The molecule has 10 rings (SSSR count). The molecule has 7 aromatic carbocycles. The van der Waals surface area contributed by atoms with Gasteiger partial charge < -0.3 is 8.83 Å². The van der Waals surface area contributed by atoms with Gasteiger partial charge in [0.1, 0.15) is 22.3 Å². The number of para-hydroxylation sites is 2. The predicted octanol–water partition coefficient (Wildman–Crippen LogP) is 12.0. The van der Waals surface area contributed by atoms with E-state index in [-0.39, 0.29) is 81.0 Å². The molecule has 0 saturated heterocycles. The zero-order chi connectivity index (χ0) is 38.2. The Labute approximate surface area is 295 Å². The number of aromatic nitrogens is 3. The Morgan fingerprint density at radius 1 is 0.400 bits per heavy atom. The van der Waals surface area contributed by atoms with E-state index in [4.69, 9.17) is 27.9 Å². The fraction of sp³-hybridized carbons (Fsp3) is 0. The average Bonchev–Trinajstić information content (AvgIpc) is 3.82. The monoisotopic (exact) mass is 647 g/mol. The Morgan fingerprint density at radius 3 is 1.92 bits per heavy atom. The van der Waals surface area contributed by atoms with Crippen LogP contribution in [0.25, 0.3) is 100 Å². The van der Waals surface area contributed by atoms with Gasteiger partial charge in [0.2, 0.25) is 0 Å². The molecular weight excluding hydrogens is 615 g/mol. The summed E-state index contributed by atoms with van der Waals surface area (Å²) in [7, 11) is 0. The van der Waals surface area contributed by atoms with Gasteiger partial charge in [0.05, 0.1) is 8.22 Å². The van der Waals surface area contributed by atoms with Crippen molar-refractivity contribution in [1.82, 2.24) is 15.0 Å². The van der Waals surface area contributed by atoms with E-state index in [1.54, 1.807) is 6.07 Å². The van der Waals surface area contributed by atoms with Crippen LogP contribution < -0.4 is 0 Å². The van der Waals surface area contributed by atoms with Crippen molar-refractivity contribution in [2.75, 3.05) is 0 Å². The minimum Gasteiger partial charge on any atom is -0.456 e. The first-order valence-electron chi connectivity index (χ1n) is 19.1. The Hall–Kier alpha value is -6.85. The molecule has 0 amide bonds. The molecule has 0 radical (unpaired) electrons. The first-order chi connectivity index (χ1) is 27.3. The second-order valence-corrected chi connectivity index (χ2v) is 11.9. The molecule has 0 bridgehead atoms. The molecule has 0 saturated carbocycles. The normalized spacial score (nSPS) is 13.3. The second-order valence-electron chi connectivity index (χ2n) is 11.9. The summed E-state index contributed by atoms with van der Waals surface area (Å²) in [6, 6.07) is 38.2. The van der Waals surface area contributed by atoms with Gasteiger partial charge in [-0.15, -0.1) is 0 Å². The number of rotatable bonds is 5. The highest BCUT2D eigenvalue weighted by molar-refractivity contribution is 6.10. The highest BCUT2D eigenvalue weighted by Gasteiger charge is 2.17. The van der Waals surface area contributed by atoms with E-state index < -0.39 is 0 Å². The molecule has 5 heteroatoms. The lowest BCUT2D eigenvalue weighted by Gasteiger charge is -2.08. The zero-order valence-corrected chi connectivity index (χ0v) is 26.3. The number of benzene rings is 7. The van der Waals surface area contributed by atoms with Crippen LogP contribution in [0.2, 0.25) is 0 Å². The highest BCUT2D eigenvalue weighted by Crippen LogP contribution is 2.39. The predicted molar refractivity (Wildman–Crippen MR) is 202 cm³/mol. The van der Waals surface area contributed by atoms with Gasteiger partial charge in [0.15, 0.2) is 17.5 Å². The summed E-state index contributed by atoms with van der Waals surface area (Å²) in [6.45, 7) is 0. The van der Waals surface area contributed by atoms with E-state index in [0.717, 1.165) is 27.5 Å². The standard InChI is InChI=1S/C45H27N3O2/c1-3-11-28(12-4-1)30-15-9-16-31(25-30)34-18-10-19-38-37-24-22-33(27-41(37)50-42(34)38)45-47-43(29-13-5-2-6-14-29)46-44(48-45)32-21-23-36-35-17-7-8-20-39(35)49-40(36)26-32/h1-27H/i10D,18D,19D,22D,24D,27D. The summed E-state index contributed by atoms with van der Waals surface area (Å²) in [5.41, 5.74) is 5.35. The summed E-state index contributed by atoms with van der Waals surface area (Å²) < 4.78 is 67.4. The third kappa shape index (κ3) is 4.75. The number of nitrogens with zero attached hydrogens (tertiary/aromatic N) is 3. The Kier molecular flexibility index (Phi) is 5.17. The minimum atomic E-state index is -0.349. The summed E-state index contributed by atoms with van der Waals surface area (Å²) in [5, 5.41) is 2.06. The Morgan fingerprint density at radius 2 is 1.08 bits per heavy atom. The van der Waals surface area contributed by atoms with Crippen LogP contribution in [0.4, 0.5) is 0 Å². The molecule has 3 heterocycles. The van der Waals surface area contributed by atoms with Crippen molar-refractivity contribution in [2.24, 2.45) is 0 Å². The van der Waals surface area contributed by atoms with Gasteiger partial charge in [-0.2, -0.15) is 0 Å². The van der Waals surface area contributed by atoms with Crippen molar-refractivity contribution in [3.05, 3.63) is 164 Å². The van der Waals surface area contributed by atoms with Gasteiger partial charge in [-0.25, -0.2) is 15.0 Å². The van der Waals surface area contributed by atoms with Gasteiger partial charge in [-0.05, 0) is 53.0 Å². The summed E-state index contributed by atoms with van der Waals surface area (Å²) in [5.74, 6) is 0.573. The highest BCUT2D eigenvalue weighted by atomic mass is 16.3. The van der Waals surface area contributed by atoms with Gasteiger partial charge in [-0.3, -0.25) is 0 Å². The summed E-state index contributed by atoms with van der Waals surface area (Å²) >= 11 is 0. The third-order valence-corrected chi connectivity index (χ3v) is 8.85. The molecule has 10 aromatic rings. The van der Waals surface area contributed by atoms with Crippen LogP contribution in [0, 0.1) is 0 Å². The van der Waals surface area contributed by atoms with Crippen molar-refractivity contribution < 1.29 is 17.1 Å². The molecule has 0 spiro atoms. The van der Waals surface area contributed by atoms with E-state index in [1.807, 2.05) is 121 Å². The maximum atomic E-state index is 9.50. The molecule has 5 nitrogen and oxygen atoms in total. The van der Waals surface area contributed by atoms with Crippen molar-refractivity contribution in [3.8, 4) is 56.4 Å². The molecule has 50 heavy (non-hydrogen) atoms. The molecule has 0 atom stereocenters. The topological polar surface area (TPSA) is 65.0 Å². The molecule has 234 valence electrons. The largest absolute Gasteiger partial charge is 0.456 e. The van der Waals surface area contributed by atoms with E-state index in [1.165, 1.54) is 0 Å². The fourth-order valence-electron chi connectivity index (χ4n) is 6.41. The second kappa shape index (κ2) is 11.4. The van der Waals surface area contributed by atoms with E-state index in [0.29, 0.717) is 28.1 Å². The maximum Gasteiger partial charge on any atom is 0.164 e. The molecule has 0 unspecified atom stereocenters. The molecule has 0 aliphatic rings. The van der Waals surface area contributed by atoms with Crippen molar-refractivity contribution in [1.29, 1.82) is 0 Å². The first kappa shape index (κ1) is 22.7. The first-order valence-corrected chi connectivity index (χ1v) is 16.1. The molecule has 3 aromatic heterocycles. The quantitative estimate of drug-likeness (QED) is 0.186. The summed E-state index contributed by atoms with van der Waals surface area (Å²) in [4.78, 5) is 14.4. The van der Waals surface area contributed by atoms with Crippen molar-refractivity contribution in [2.45, 2.75) is 0 Å². The van der Waals surface area contributed by atoms with Crippen LogP contribution in [-0.2, 0) is 0 Å². The lowest BCUT2D eigenvalue weighted by molar-refractivity contribution is 0.669. The third-order valence-electron chi connectivity index (χ3n) is 8.85. The SMILES string of the molecule is [2H]c1c([2H])c([2H])c2c(oc3c([2H])c(-c4nc(-c5ccccc5)nc(-c5ccc6c(c5)oc5ccccc56)n4)c([2H])c([2H])c32)c1-c1cccc(-c2ccccc2)c1. The van der Waals surface area contributed by atoms with Crippen LogP contribution in [-0.4, -0.2) is 15.0 Å². The van der Waals surface area contributed by atoms with Crippen molar-refractivity contribution in [3.63, 3.8) is 0 Å². The molecule has 0 fully saturated rings. The van der Waals surface area contributed by atoms with Crippen LogP contribution in [0.1, 0.15) is 8.22 Å². The van der Waals surface area contributed by atoms with E-state index in [2.05, 4.69) is 0 Å². The van der Waals surface area contributed by atoms with Gasteiger partial charge in [0, 0.05) is 43.8 Å². The maximum absolute atomic E-state index is 9.50. The van der Waals surface area contributed by atoms with Crippen LogP contribution in [0.5, 0.6) is 0 Å². The zero-order valence-electron chi connectivity index (χ0n) is 32.3. The Bertz CT molecular complexity index is 3220. The number of fused-ring (bicyclic) bond motifs is 6. The van der Waals surface area contributed by atoms with E-state index >= 15 is 0 Å². The smallest absolute Gasteiger partial charge is 0.164 e. The minimum absolute atomic E-state index is 0.00587. The summed E-state index contributed by atoms with van der Waals surface area (Å²) in [6.07, 6.45) is 0. The number of hydrogen-bond donors (Lipinski definition) is 0. The Balaban J connectivity index is 1.21. The van der Waals surface area contributed by atoms with Crippen molar-refractivity contribution >= 4 is 43.9 Å². The molecule has 0 N–H and O–H groups in total. The van der Waals surface area contributed by atoms with Gasteiger partial charge in [-0.1, -0.05) is 127 Å². The van der Waals surface area contributed by atoms with Gasteiger partial charge in [0.25, 0.3) is 0 Å². The number of furan rings is 2. The molecule has 0 aliphatic heterocycles. The molecule has 0 aliphatic carbocycles. The fourth-order valence-corrected chi connectivity index (χ4v) is 6.41. The van der Waals surface area contributed by atoms with Crippen LogP contribution >= 0.6 is 0 Å². The van der Waals surface area contributed by atoms with Crippen LogP contribution in [0.15, 0.2) is 172 Å². The van der Waals surface area contributed by atoms with E-state index in [9.17, 15) is 4.11 Å². The average molecular weight is 648 g/mol. The van der Waals surface area contributed by atoms with Crippen LogP contribution in [0.3, 0.4) is 0 Å². The lowest BCUT2D eigenvalue weighted by atomic mass is 9.97. The number of hydrogen-bond acceptors (Lipinski definition) is 5. The molecular formula is C45H27N3O2. The lowest BCUT2D eigenvalue weighted by Crippen LogP contribution is -2.00.